The first-order valence-corrected chi connectivity index (χ1v) is 9.01. The minimum absolute atomic E-state index is 0.0455. The highest BCUT2D eigenvalue weighted by molar-refractivity contribution is 7.48. The van der Waals surface area contributed by atoms with Crippen LogP contribution in [0.2, 0.25) is 0 Å². The molecule has 0 aliphatic carbocycles. The molecule has 0 spiro atoms. The number of ether oxygens (including phenoxy) is 1. The lowest BCUT2D eigenvalue weighted by molar-refractivity contribution is -0.142. The van der Waals surface area contributed by atoms with E-state index in [0.29, 0.717) is 11.1 Å². The van der Waals surface area contributed by atoms with Crippen LogP contribution < -0.4 is 0 Å². The summed E-state index contributed by atoms with van der Waals surface area (Å²) in [5.74, 6) is -1.71. The van der Waals surface area contributed by atoms with Gasteiger partial charge in [0.25, 0.3) is 0 Å². The van der Waals surface area contributed by atoms with Crippen LogP contribution in [0.1, 0.15) is 28.4 Å². The average molecular weight is 384 g/mol. The van der Waals surface area contributed by atoms with E-state index < -0.39 is 19.8 Å². The Bertz CT molecular complexity index is 697. The smallest absolute Gasteiger partial charge is 0.475 e. The Hall–Kier alpha value is -2.25. The lowest BCUT2D eigenvalue weighted by Crippen LogP contribution is -2.08. The summed E-state index contributed by atoms with van der Waals surface area (Å²) < 4.78 is 32.6. The number of hydrogen-bond donors (Lipinski definition) is 1. The van der Waals surface area contributed by atoms with Gasteiger partial charge in [0.05, 0.1) is 25.4 Å². The van der Waals surface area contributed by atoms with Crippen molar-refractivity contribution >= 4 is 19.8 Å². The zero-order valence-corrected chi connectivity index (χ0v) is 15.3. The Morgan fingerprint density at radius 2 is 1.73 bits per heavy atom. The molecule has 0 bridgehead atoms. The summed E-state index contributed by atoms with van der Waals surface area (Å²) in [5.41, 5.74) is 0.699. The van der Waals surface area contributed by atoms with Gasteiger partial charge in [0.15, 0.2) is 0 Å². The standard InChI is InChI=1S/C17H21O8P/c1-4-8-23-26(21,24-9-5-2)25-11-14-6-7-15(12-22-13(3)18)16(10-14)17(19)20/h4-7,10H,1-2,8-9,11-12H2,3H3,(H,19,20). The number of rotatable bonds is 12. The Balaban J connectivity index is 2.90. The van der Waals surface area contributed by atoms with Crippen molar-refractivity contribution in [2.24, 2.45) is 0 Å². The van der Waals surface area contributed by atoms with E-state index in [1.165, 1.54) is 31.2 Å². The molecule has 142 valence electrons. The van der Waals surface area contributed by atoms with Crippen LogP contribution in [0.3, 0.4) is 0 Å². The predicted molar refractivity (Wildman–Crippen MR) is 93.6 cm³/mol. The van der Waals surface area contributed by atoms with E-state index in [0.717, 1.165) is 0 Å². The SMILES string of the molecule is C=CCOP(=O)(OCC=C)OCc1ccc(COC(C)=O)c(C(=O)O)c1. The van der Waals surface area contributed by atoms with Gasteiger partial charge in [0.1, 0.15) is 6.61 Å². The maximum atomic E-state index is 12.4. The molecular formula is C17H21O8P. The van der Waals surface area contributed by atoms with Crippen molar-refractivity contribution in [2.45, 2.75) is 20.1 Å². The Kier molecular flexibility index (Phi) is 8.95. The summed E-state index contributed by atoms with van der Waals surface area (Å²) >= 11 is 0. The molecule has 0 heterocycles. The molecule has 0 fully saturated rings. The van der Waals surface area contributed by atoms with Gasteiger partial charge in [-0.2, -0.15) is 0 Å². The van der Waals surface area contributed by atoms with Crippen LogP contribution in [0, 0.1) is 0 Å². The van der Waals surface area contributed by atoms with Crippen molar-refractivity contribution in [1.82, 2.24) is 0 Å². The van der Waals surface area contributed by atoms with Crippen LogP contribution in [-0.2, 0) is 40.9 Å². The molecule has 0 saturated heterocycles. The van der Waals surface area contributed by atoms with Gasteiger partial charge >= 0.3 is 19.8 Å². The summed E-state index contributed by atoms with van der Waals surface area (Å²) in [5, 5.41) is 9.31. The monoisotopic (exact) mass is 384 g/mol. The number of hydrogen-bond acceptors (Lipinski definition) is 7. The quantitative estimate of drug-likeness (QED) is 0.331. The fourth-order valence-corrected chi connectivity index (χ4v) is 2.88. The van der Waals surface area contributed by atoms with E-state index in [1.54, 1.807) is 6.07 Å². The highest BCUT2D eigenvalue weighted by Gasteiger charge is 2.26. The normalized spacial score (nSPS) is 11.0. The number of carbonyl (C=O) groups is 2. The molecule has 0 saturated carbocycles. The van der Waals surface area contributed by atoms with Gasteiger partial charge in [-0.05, 0) is 11.6 Å². The van der Waals surface area contributed by atoms with Crippen LogP contribution in [-0.4, -0.2) is 30.3 Å². The van der Waals surface area contributed by atoms with Crippen molar-refractivity contribution in [2.75, 3.05) is 13.2 Å². The average Bonchev–Trinajstić information content (AvgIpc) is 2.61. The third-order valence-electron chi connectivity index (χ3n) is 2.93. The van der Waals surface area contributed by atoms with Gasteiger partial charge in [-0.3, -0.25) is 18.4 Å². The molecule has 1 aromatic rings. The molecule has 9 heteroatoms. The molecule has 0 radical (unpaired) electrons. The summed E-state index contributed by atoms with van der Waals surface area (Å²) in [6, 6.07) is 4.40. The Labute approximate surface area is 151 Å². The van der Waals surface area contributed by atoms with E-state index >= 15 is 0 Å². The van der Waals surface area contributed by atoms with Gasteiger partial charge in [-0.1, -0.05) is 24.3 Å². The molecule has 0 atom stereocenters. The number of aromatic carboxylic acids is 1. The second-order valence-corrected chi connectivity index (χ2v) is 6.64. The number of carboxylic acid groups (broad SMARTS) is 1. The van der Waals surface area contributed by atoms with Gasteiger partial charge < -0.3 is 9.84 Å². The lowest BCUT2D eigenvalue weighted by Gasteiger charge is -2.17. The third kappa shape index (κ3) is 7.33. The van der Waals surface area contributed by atoms with Crippen LogP contribution >= 0.6 is 7.82 Å². The molecule has 0 aliphatic rings. The van der Waals surface area contributed by atoms with E-state index in [4.69, 9.17) is 18.3 Å². The van der Waals surface area contributed by atoms with Crippen molar-refractivity contribution in [1.29, 1.82) is 0 Å². The predicted octanol–water partition coefficient (Wildman–Crippen LogP) is 3.48. The van der Waals surface area contributed by atoms with Crippen molar-refractivity contribution in [3.63, 3.8) is 0 Å². The molecule has 1 rings (SSSR count). The topological polar surface area (TPSA) is 108 Å². The van der Waals surface area contributed by atoms with E-state index in [2.05, 4.69) is 13.2 Å². The molecule has 0 unspecified atom stereocenters. The largest absolute Gasteiger partial charge is 0.478 e. The van der Waals surface area contributed by atoms with Gasteiger partial charge in [-0.25, -0.2) is 9.36 Å². The minimum Gasteiger partial charge on any atom is -0.478 e. The molecule has 8 nitrogen and oxygen atoms in total. The van der Waals surface area contributed by atoms with Crippen LogP contribution in [0.4, 0.5) is 0 Å². The number of phosphoric ester groups is 1. The number of phosphoric acid groups is 1. The van der Waals surface area contributed by atoms with E-state index in [9.17, 15) is 19.3 Å². The Morgan fingerprint density at radius 1 is 1.12 bits per heavy atom. The molecular weight excluding hydrogens is 363 g/mol. The highest BCUT2D eigenvalue weighted by Crippen LogP contribution is 2.50. The number of carboxylic acids is 1. The number of benzene rings is 1. The van der Waals surface area contributed by atoms with Gasteiger partial charge in [-0.15, -0.1) is 13.2 Å². The van der Waals surface area contributed by atoms with Crippen molar-refractivity contribution in [3.05, 3.63) is 60.2 Å². The zero-order chi connectivity index (χ0) is 19.6. The summed E-state index contributed by atoms with van der Waals surface area (Å²) in [7, 11) is -3.85. The first kappa shape index (κ1) is 21.8. The summed E-state index contributed by atoms with van der Waals surface area (Å²) in [4.78, 5) is 22.3. The molecule has 1 aromatic carbocycles. The van der Waals surface area contributed by atoms with Crippen LogP contribution in [0.5, 0.6) is 0 Å². The first-order valence-electron chi connectivity index (χ1n) is 7.55. The van der Waals surface area contributed by atoms with Crippen molar-refractivity contribution < 1.29 is 37.6 Å². The molecule has 0 amide bonds. The maximum absolute atomic E-state index is 12.4. The Morgan fingerprint density at radius 3 is 2.23 bits per heavy atom. The van der Waals surface area contributed by atoms with Crippen LogP contribution in [0.15, 0.2) is 43.5 Å². The summed E-state index contributed by atoms with van der Waals surface area (Å²) in [6.45, 7) is 7.67. The molecule has 0 aromatic heterocycles. The molecule has 1 N–H and O–H groups in total. The minimum atomic E-state index is -3.85. The fourth-order valence-electron chi connectivity index (χ4n) is 1.77. The van der Waals surface area contributed by atoms with Crippen molar-refractivity contribution in [3.8, 4) is 0 Å². The number of carbonyl (C=O) groups excluding carboxylic acids is 1. The van der Waals surface area contributed by atoms with E-state index in [1.807, 2.05) is 0 Å². The van der Waals surface area contributed by atoms with Gasteiger partial charge in [0.2, 0.25) is 0 Å². The highest BCUT2D eigenvalue weighted by atomic mass is 31.2. The fraction of sp³-hybridized carbons (Fsp3) is 0.294. The van der Waals surface area contributed by atoms with Crippen LogP contribution in [0.25, 0.3) is 0 Å². The number of esters is 1. The molecule has 26 heavy (non-hydrogen) atoms. The van der Waals surface area contributed by atoms with E-state index in [-0.39, 0.29) is 32.0 Å². The first-order chi connectivity index (χ1) is 12.3. The van der Waals surface area contributed by atoms with Gasteiger partial charge in [0, 0.05) is 12.5 Å². The second-order valence-electron chi connectivity index (χ2n) is 4.97. The maximum Gasteiger partial charge on any atom is 0.475 e. The zero-order valence-electron chi connectivity index (χ0n) is 14.4. The molecule has 0 aliphatic heterocycles. The summed E-state index contributed by atoms with van der Waals surface area (Å²) in [6.07, 6.45) is 2.78. The second kappa shape index (κ2) is 10.7. The lowest BCUT2D eigenvalue weighted by atomic mass is 10.0. The third-order valence-corrected chi connectivity index (χ3v) is 4.30.